The molecule has 0 saturated heterocycles. The Labute approximate surface area is 171 Å². The molecular weight excluding hydrogens is 368 g/mol. The maximum atomic E-state index is 12.5. The van der Waals surface area contributed by atoms with Gasteiger partial charge in [0.05, 0.1) is 20.3 Å². The fourth-order valence-corrected chi connectivity index (χ4v) is 2.84. The highest BCUT2D eigenvalue weighted by atomic mass is 16.5. The van der Waals surface area contributed by atoms with Gasteiger partial charge in [-0.2, -0.15) is 5.26 Å². The third kappa shape index (κ3) is 6.28. The lowest BCUT2D eigenvalue weighted by Gasteiger charge is -2.22. The summed E-state index contributed by atoms with van der Waals surface area (Å²) in [7, 11) is 3.15. The number of hydrogen-bond acceptors (Lipinski definition) is 5. The van der Waals surface area contributed by atoms with Gasteiger partial charge in [0.25, 0.3) is 0 Å². The molecule has 2 aromatic carbocycles. The van der Waals surface area contributed by atoms with E-state index >= 15 is 0 Å². The second kappa shape index (κ2) is 10.8. The van der Waals surface area contributed by atoms with Crippen molar-refractivity contribution in [1.29, 1.82) is 5.26 Å². The van der Waals surface area contributed by atoms with Crippen LogP contribution in [0.4, 0.5) is 0 Å². The van der Waals surface area contributed by atoms with E-state index in [9.17, 15) is 4.79 Å². The molecule has 1 unspecified atom stereocenters. The molecule has 0 radical (unpaired) electrons. The molecule has 0 aliphatic carbocycles. The van der Waals surface area contributed by atoms with E-state index in [1.165, 1.54) is 13.2 Å². The normalized spacial score (nSPS) is 11.7. The second-order valence-corrected chi connectivity index (χ2v) is 6.69. The Morgan fingerprint density at radius 2 is 1.83 bits per heavy atom. The monoisotopic (exact) mass is 394 g/mol. The molecule has 2 aromatic rings. The van der Waals surface area contributed by atoms with Gasteiger partial charge in [0.15, 0.2) is 18.1 Å². The Morgan fingerprint density at radius 1 is 1.10 bits per heavy atom. The van der Waals surface area contributed by atoms with Gasteiger partial charge in [0.1, 0.15) is 11.8 Å². The predicted molar refractivity (Wildman–Crippen MR) is 112 cm³/mol. The molecule has 0 bridgehead atoms. The molecule has 0 aliphatic heterocycles. The Bertz CT molecular complexity index is 883. The van der Waals surface area contributed by atoms with Crippen molar-refractivity contribution in [3.8, 4) is 23.3 Å². The molecule has 0 fully saturated rings. The molecule has 1 atom stereocenters. The van der Waals surface area contributed by atoms with E-state index in [-0.39, 0.29) is 24.5 Å². The zero-order valence-electron chi connectivity index (χ0n) is 17.1. The molecule has 1 amide bonds. The van der Waals surface area contributed by atoms with Crippen LogP contribution >= 0.6 is 0 Å². The molecule has 0 saturated carbocycles. The fraction of sp³-hybridized carbons (Fsp3) is 0.304. The van der Waals surface area contributed by atoms with Crippen molar-refractivity contribution < 1.29 is 19.0 Å². The number of nitrogens with zero attached hydrogens (tertiary/aromatic N) is 1. The summed E-state index contributed by atoms with van der Waals surface area (Å²) in [6.45, 7) is 4.06. The van der Waals surface area contributed by atoms with Gasteiger partial charge in [-0.25, -0.2) is 0 Å². The summed E-state index contributed by atoms with van der Waals surface area (Å²) in [5, 5.41) is 11.7. The lowest BCUT2D eigenvalue weighted by molar-refractivity contribution is -0.117. The topological polar surface area (TPSA) is 80.6 Å². The van der Waals surface area contributed by atoms with Gasteiger partial charge in [0.2, 0.25) is 5.91 Å². The summed E-state index contributed by atoms with van der Waals surface area (Å²) in [5.74, 6) is 1.79. The number of rotatable bonds is 9. The van der Waals surface area contributed by atoms with Crippen LogP contribution in [0.3, 0.4) is 0 Å². The van der Waals surface area contributed by atoms with E-state index in [1.807, 2.05) is 30.3 Å². The summed E-state index contributed by atoms with van der Waals surface area (Å²) in [6, 6.07) is 14.7. The molecule has 0 aliphatic rings. The van der Waals surface area contributed by atoms with Crippen molar-refractivity contribution in [3.05, 3.63) is 59.7 Å². The fourth-order valence-electron chi connectivity index (χ4n) is 2.84. The minimum Gasteiger partial charge on any atom is -0.497 e. The molecule has 29 heavy (non-hydrogen) atoms. The molecule has 6 heteroatoms. The smallest absolute Gasteiger partial charge is 0.244 e. The number of nitriles is 1. The zero-order valence-corrected chi connectivity index (χ0v) is 17.1. The van der Waals surface area contributed by atoms with Crippen molar-refractivity contribution in [2.75, 3.05) is 20.8 Å². The third-order valence-electron chi connectivity index (χ3n) is 4.35. The van der Waals surface area contributed by atoms with Crippen molar-refractivity contribution in [1.82, 2.24) is 5.32 Å². The first-order valence-corrected chi connectivity index (χ1v) is 9.28. The number of amides is 1. The quantitative estimate of drug-likeness (QED) is 0.647. The first kappa shape index (κ1) is 21.8. The number of hydrogen-bond donors (Lipinski definition) is 1. The molecule has 2 rings (SSSR count). The Hall–Kier alpha value is -3.46. The van der Waals surface area contributed by atoms with E-state index in [2.05, 4.69) is 19.2 Å². The van der Waals surface area contributed by atoms with Crippen molar-refractivity contribution in [2.24, 2.45) is 5.92 Å². The highest BCUT2D eigenvalue weighted by Gasteiger charge is 2.17. The van der Waals surface area contributed by atoms with Crippen LogP contribution in [-0.2, 0) is 4.79 Å². The van der Waals surface area contributed by atoms with Crippen LogP contribution in [0, 0.1) is 17.2 Å². The summed E-state index contributed by atoms with van der Waals surface area (Å²) in [5.41, 5.74) is 1.80. The molecular formula is C23H26N2O4. The average molecular weight is 394 g/mol. The molecule has 6 nitrogen and oxygen atoms in total. The van der Waals surface area contributed by atoms with Crippen LogP contribution < -0.4 is 19.5 Å². The van der Waals surface area contributed by atoms with Gasteiger partial charge < -0.3 is 19.5 Å². The molecule has 152 valence electrons. The second-order valence-electron chi connectivity index (χ2n) is 6.69. The number of ether oxygens (including phenoxy) is 3. The van der Waals surface area contributed by atoms with E-state index in [0.29, 0.717) is 11.5 Å². The third-order valence-corrected chi connectivity index (χ3v) is 4.35. The lowest BCUT2D eigenvalue weighted by atomic mass is 9.96. The van der Waals surface area contributed by atoms with E-state index < -0.39 is 0 Å². The zero-order chi connectivity index (χ0) is 21.2. The van der Waals surface area contributed by atoms with E-state index in [0.717, 1.165) is 16.9 Å². The molecule has 0 heterocycles. The summed E-state index contributed by atoms with van der Waals surface area (Å²) >= 11 is 0. The maximum Gasteiger partial charge on any atom is 0.244 e. The summed E-state index contributed by atoms with van der Waals surface area (Å²) < 4.78 is 15.8. The minimum absolute atomic E-state index is 0.0596. The minimum atomic E-state index is -0.191. The van der Waals surface area contributed by atoms with Crippen LogP contribution in [0.1, 0.15) is 31.0 Å². The van der Waals surface area contributed by atoms with Gasteiger partial charge in [0, 0.05) is 6.08 Å². The van der Waals surface area contributed by atoms with Gasteiger partial charge in [-0.15, -0.1) is 0 Å². The standard InChI is InChI=1S/C23H26N2O4/c1-16(2)23(18-7-9-19(27-3)10-8-18)25-22(26)12-6-17-5-11-20(29-14-13-24)21(15-17)28-4/h5-12,15-16,23H,14H2,1-4H3,(H,25,26)/b12-6+. The number of carbonyl (C=O) groups excluding carboxylic acids is 1. The average Bonchev–Trinajstić information content (AvgIpc) is 2.74. The molecule has 1 N–H and O–H groups in total. The Kier molecular flexibility index (Phi) is 8.11. The van der Waals surface area contributed by atoms with E-state index in [1.54, 1.807) is 31.4 Å². The molecule has 0 aromatic heterocycles. The highest BCUT2D eigenvalue weighted by Crippen LogP contribution is 2.28. The predicted octanol–water partition coefficient (Wildman–Crippen LogP) is 4.13. The van der Waals surface area contributed by atoms with Crippen molar-refractivity contribution >= 4 is 12.0 Å². The van der Waals surface area contributed by atoms with Crippen LogP contribution in [-0.4, -0.2) is 26.7 Å². The van der Waals surface area contributed by atoms with Crippen LogP contribution in [0.15, 0.2) is 48.5 Å². The Balaban J connectivity index is 2.09. The molecule has 0 spiro atoms. The largest absolute Gasteiger partial charge is 0.497 e. The van der Waals surface area contributed by atoms with Gasteiger partial charge in [-0.05, 0) is 47.4 Å². The number of nitrogens with one attached hydrogen (secondary N) is 1. The number of methoxy groups -OCH3 is 2. The Morgan fingerprint density at radius 3 is 2.41 bits per heavy atom. The van der Waals surface area contributed by atoms with Crippen LogP contribution in [0.5, 0.6) is 17.2 Å². The first-order valence-electron chi connectivity index (χ1n) is 9.28. The SMILES string of the molecule is COc1ccc(C(NC(=O)/C=C/c2ccc(OCC#N)c(OC)c2)C(C)C)cc1. The van der Waals surface area contributed by atoms with Crippen LogP contribution in [0.2, 0.25) is 0 Å². The van der Waals surface area contributed by atoms with Crippen LogP contribution in [0.25, 0.3) is 6.08 Å². The van der Waals surface area contributed by atoms with Gasteiger partial charge in [-0.3, -0.25) is 4.79 Å². The van der Waals surface area contributed by atoms with Gasteiger partial charge >= 0.3 is 0 Å². The number of benzene rings is 2. The number of carbonyl (C=O) groups is 1. The highest BCUT2D eigenvalue weighted by molar-refractivity contribution is 5.92. The first-order chi connectivity index (χ1) is 14.0. The summed E-state index contributed by atoms with van der Waals surface area (Å²) in [6.07, 6.45) is 3.20. The van der Waals surface area contributed by atoms with Crippen molar-refractivity contribution in [3.63, 3.8) is 0 Å². The van der Waals surface area contributed by atoms with Gasteiger partial charge in [-0.1, -0.05) is 32.0 Å². The lowest BCUT2D eigenvalue weighted by Crippen LogP contribution is -2.30. The maximum absolute atomic E-state index is 12.5. The summed E-state index contributed by atoms with van der Waals surface area (Å²) in [4.78, 5) is 12.5. The van der Waals surface area contributed by atoms with E-state index in [4.69, 9.17) is 19.5 Å². The van der Waals surface area contributed by atoms with Crippen molar-refractivity contribution in [2.45, 2.75) is 19.9 Å².